The number of esters is 2. The van der Waals surface area contributed by atoms with Gasteiger partial charge in [-0.15, -0.1) is 0 Å². The monoisotopic (exact) mass is 920 g/mol. The third-order valence-electron chi connectivity index (χ3n) is 11.6. The lowest BCUT2D eigenvalue weighted by atomic mass is 9.94. The van der Waals surface area contributed by atoms with Crippen LogP contribution >= 0.6 is 0 Å². The number of halogens is 2. The van der Waals surface area contributed by atoms with Crippen molar-refractivity contribution in [1.82, 2.24) is 30.4 Å². The van der Waals surface area contributed by atoms with Crippen molar-refractivity contribution < 1.29 is 56.5 Å². The number of carbonyl (C=O) groups excluding carboxylic acids is 6. The minimum atomic E-state index is -0.968. The Labute approximate surface area is 382 Å². The number of alkyl carbamates (subject to hydrolysis) is 2. The van der Waals surface area contributed by atoms with Crippen LogP contribution in [0.3, 0.4) is 0 Å². The first-order valence-electron chi connectivity index (χ1n) is 22.5. The van der Waals surface area contributed by atoms with E-state index in [4.69, 9.17) is 18.9 Å². The van der Waals surface area contributed by atoms with E-state index in [-0.39, 0.29) is 51.6 Å². The molecule has 358 valence electrons. The molecule has 0 saturated carbocycles. The number of nitrogens with one attached hydrogen (secondary N) is 4. The predicted molar refractivity (Wildman–Crippen MR) is 241 cm³/mol. The highest BCUT2D eigenvalue weighted by molar-refractivity contribution is 5.96. The van der Waals surface area contributed by atoms with Crippen molar-refractivity contribution in [3.05, 3.63) is 59.2 Å². The summed E-state index contributed by atoms with van der Waals surface area (Å²) in [6.45, 7) is 16.5. The molecule has 1 unspecified atom stereocenters. The topological polar surface area (TPSA) is 201 Å². The van der Waals surface area contributed by atoms with Crippen LogP contribution in [0.25, 0.3) is 33.2 Å². The van der Waals surface area contributed by atoms with Crippen molar-refractivity contribution in [1.29, 1.82) is 0 Å². The highest BCUT2D eigenvalue weighted by Crippen LogP contribution is 2.40. The lowest BCUT2D eigenvalue weighted by Crippen LogP contribution is -2.51. The number of hydrogen-bond donors (Lipinski definition) is 4. The molecule has 2 aromatic heterocycles. The molecule has 2 fully saturated rings. The third-order valence-corrected chi connectivity index (χ3v) is 11.6. The van der Waals surface area contributed by atoms with Crippen LogP contribution in [0.5, 0.6) is 0 Å². The Bertz CT molecular complexity index is 2320. The van der Waals surface area contributed by atoms with Gasteiger partial charge in [0.25, 0.3) is 0 Å². The van der Waals surface area contributed by atoms with Gasteiger partial charge in [0.15, 0.2) is 0 Å². The summed E-state index contributed by atoms with van der Waals surface area (Å²) >= 11 is 0. The molecule has 2 saturated heterocycles. The Hall–Kier alpha value is -6.20. The van der Waals surface area contributed by atoms with E-state index in [1.54, 1.807) is 77.3 Å². The Kier molecular flexibility index (Phi) is 14.7. The van der Waals surface area contributed by atoms with Crippen molar-refractivity contribution in [2.75, 3.05) is 13.1 Å². The minimum Gasteiger partial charge on any atom is -0.461 e. The molecule has 4 amide bonds. The number of amides is 4. The fourth-order valence-electron chi connectivity index (χ4n) is 9.07. The van der Waals surface area contributed by atoms with E-state index in [0.29, 0.717) is 44.3 Å². The maximum atomic E-state index is 15.0. The van der Waals surface area contributed by atoms with E-state index in [1.807, 2.05) is 0 Å². The average molecular weight is 921 g/mol. The van der Waals surface area contributed by atoms with Crippen molar-refractivity contribution in [2.24, 2.45) is 0 Å². The number of rotatable bonds is 13. The van der Waals surface area contributed by atoms with E-state index in [9.17, 15) is 37.5 Å². The standard InChI is InChI=1S/C48H62F2N6O10/c1-11-37(53-45(61)65-47(5,6)7)43(59)55-23-31(63-25(3)57)19-29(55)21-35-33-15-13-27(49)17-39(33)51-41(35)42-36(34-16-14-28(50)18-40(34)52-42)22-30-20-32(64-26(4)58)24-56(30)44(60)38(12-2)54-46(62)66-48(8,9)10/h13-18,29-32,37-38,51-52H,11-12,19-24H2,1-10H3,(H,53,61)(H,54,62)/t29-,30?,31-,32-,37-,38-/m0/s1. The van der Waals surface area contributed by atoms with Crippen molar-refractivity contribution in [3.63, 3.8) is 0 Å². The highest BCUT2D eigenvalue weighted by Gasteiger charge is 2.43. The normalized spacial score (nSPS) is 19.7. The molecule has 2 aromatic carbocycles. The number of benzene rings is 2. The number of carbonyl (C=O) groups is 6. The Morgan fingerprint density at radius 3 is 1.33 bits per heavy atom. The van der Waals surface area contributed by atoms with Crippen LogP contribution < -0.4 is 10.6 Å². The van der Waals surface area contributed by atoms with Crippen LogP contribution in [-0.2, 0) is 51.0 Å². The van der Waals surface area contributed by atoms with Gasteiger partial charge < -0.3 is 49.3 Å². The second kappa shape index (κ2) is 19.7. The van der Waals surface area contributed by atoms with Gasteiger partial charge >= 0.3 is 24.1 Å². The van der Waals surface area contributed by atoms with Gasteiger partial charge in [0.2, 0.25) is 11.8 Å². The van der Waals surface area contributed by atoms with E-state index < -0.39 is 95.2 Å². The number of ether oxygens (including phenoxy) is 4. The molecule has 18 heteroatoms. The Morgan fingerprint density at radius 2 is 1.02 bits per heavy atom. The smallest absolute Gasteiger partial charge is 0.408 e. The number of H-pyrrole nitrogens is 2. The van der Waals surface area contributed by atoms with Gasteiger partial charge in [-0.1, -0.05) is 13.8 Å². The van der Waals surface area contributed by atoms with Gasteiger partial charge in [-0.2, -0.15) is 0 Å². The SMILES string of the molecule is CC[C@H](NC(=O)OC(C)(C)C)C(=O)N1C[C@@H](OC(C)=O)CC1Cc1c(-c2[nH]c3cc(F)ccc3c2C[C@@H]2C[C@H](OC(C)=O)CN2C(=O)[C@H](CC)NC(=O)OC(C)(C)C)[nH]c2cc(F)ccc12. The first kappa shape index (κ1) is 49.2. The van der Waals surface area contributed by atoms with E-state index in [1.165, 1.54) is 38.1 Å². The molecule has 0 aliphatic carbocycles. The van der Waals surface area contributed by atoms with Crippen LogP contribution in [0.1, 0.15) is 106 Å². The summed E-state index contributed by atoms with van der Waals surface area (Å²) in [6, 6.07) is 5.53. The van der Waals surface area contributed by atoms with Gasteiger partial charge in [0, 0.05) is 60.6 Å². The van der Waals surface area contributed by atoms with Gasteiger partial charge in [-0.3, -0.25) is 19.2 Å². The molecule has 4 aromatic rings. The molecule has 16 nitrogen and oxygen atoms in total. The highest BCUT2D eigenvalue weighted by atomic mass is 19.1. The van der Waals surface area contributed by atoms with Gasteiger partial charge in [0.05, 0.1) is 24.5 Å². The van der Waals surface area contributed by atoms with Crippen molar-refractivity contribution in [2.45, 2.75) is 155 Å². The maximum absolute atomic E-state index is 15.0. The van der Waals surface area contributed by atoms with Crippen LogP contribution in [0, 0.1) is 11.6 Å². The average Bonchev–Trinajstić information content (AvgIpc) is 3.96. The van der Waals surface area contributed by atoms with Crippen LogP contribution in [0.15, 0.2) is 36.4 Å². The zero-order valence-corrected chi connectivity index (χ0v) is 39.3. The number of likely N-dealkylation sites (tertiary alicyclic amines) is 2. The van der Waals surface area contributed by atoms with E-state index in [2.05, 4.69) is 20.6 Å². The zero-order valence-electron chi connectivity index (χ0n) is 39.3. The summed E-state index contributed by atoms with van der Waals surface area (Å²) in [7, 11) is 0. The molecule has 0 spiro atoms. The molecule has 2 aliphatic rings. The largest absolute Gasteiger partial charge is 0.461 e. The van der Waals surface area contributed by atoms with Crippen LogP contribution in [0.2, 0.25) is 0 Å². The zero-order chi connectivity index (χ0) is 48.4. The minimum absolute atomic E-state index is 0.0510. The molecule has 66 heavy (non-hydrogen) atoms. The van der Waals surface area contributed by atoms with Crippen LogP contribution in [-0.4, -0.2) is 116 Å². The Balaban J connectivity index is 1.43. The molecule has 0 bridgehead atoms. The predicted octanol–water partition coefficient (Wildman–Crippen LogP) is 7.35. The van der Waals surface area contributed by atoms with Crippen LogP contribution in [0.4, 0.5) is 18.4 Å². The second-order valence-corrected chi connectivity index (χ2v) is 19.2. The third kappa shape index (κ3) is 11.8. The molecular weight excluding hydrogens is 859 g/mol. The summed E-state index contributed by atoms with van der Waals surface area (Å²) in [4.78, 5) is 89.1. The first-order valence-corrected chi connectivity index (χ1v) is 22.5. The molecule has 4 heterocycles. The van der Waals surface area contributed by atoms with Crippen molar-refractivity contribution in [3.8, 4) is 11.4 Å². The molecule has 2 aliphatic heterocycles. The molecule has 4 N–H and O–H groups in total. The van der Waals surface area contributed by atoms with Gasteiger partial charge in [0.1, 0.15) is 47.1 Å². The fraction of sp³-hybridized carbons (Fsp3) is 0.542. The molecule has 6 rings (SSSR count). The summed E-state index contributed by atoms with van der Waals surface area (Å²) in [5, 5.41) is 6.66. The maximum Gasteiger partial charge on any atom is 0.408 e. The number of aromatic nitrogens is 2. The second-order valence-electron chi connectivity index (χ2n) is 19.2. The van der Waals surface area contributed by atoms with Gasteiger partial charge in [-0.25, -0.2) is 18.4 Å². The quantitative estimate of drug-likeness (QED) is 0.0776. The summed E-state index contributed by atoms with van der Waals surface area (Å²) in [5.74, 6) is -2.86. The Morgan fingerprint density at radius 1 is 0.652 bits per heavy atom. The lowest BCUT2D eigenvalue weighted by Gasteiger charge is -2.30. The molecule has 0 radical (unpaired) electrons. The number of hydrogen-bond acceptors (Lipinski definition) is 10. The summed E-state index contributed by atoms with van der Waals surface area (Å²) < 4.78 is 52.2. The number of aromatic amines is 2. The van der Waals surface area contributed by atoms with Crippen molar-refractivity contribution >= 4 is 57.7 Å². The molecule has 6 atom stereocenters. The summed E-state index contributed by atoms with van der Waals surface area (Å²) in [5.41, 5.74) is 1.61. The number of fused-ring (bicyclic) bond motifs is 2. The molecular formula is C48H62F2N6O10. The van der Waals surface area contributed by atoms with E-state index in [0.717, 1.165) is 0 Å². The lowest BCUT2D eigenvalue weighted by molar-refractivity contribution is -0.147. The van der Waals surface area contributed by atoms with Gasteiger partial charge in [-0.05, 0) is 115 Å². The summed E-state index contributed by atoms with van der Waals surface area (Å²) in [6.07, 6.45) is -1.53. The van der Waals surface area contributed by atoms with E-state index >= 15 is 0 Å². The fourth-order valence-corrected chi connectivity index (χ4v) is 9.07. The number of nitrogens with zero attached hydrogens (tertiary/aromatic N) is 2. The first-order chi connectivity index (χ1) is 30.9.